The first-order valence-electron chi connectivity index (χ1n) is 7.09. The van der Waals surface area contributed by atoms with E-state index in [4.69, 9.17) is 14.7 Å². The predicted octanol–water partition coefficient (Wildman–Crippen LogP) is 3.14. The fourth-order valence-corrected chi connectivity index (χ4v) is 3.88. The van der Waals surface area contributed by atoms with Gasteiger partial charge >= 0.3 is 0 Å². The summed E-state index contributed by atoms with van der Waals surface area (Å²) in [6, 6.07) is 9.61. The van der Waals surface area contributed by atoms with Crippen molar-refractivity contribution in [2.45, 2.75) is 16.7 Å². The van der Waals surface area contributed by atoms with Gasteiger partial charge in [0.05, 0.1) is 10.6 Å². The Kier molecular flexibility index (Phi) is 4.55. The molecule has 1 aliphatic heterocycles. The molecule has 24 heavy (non-hydrogen) atoms. The first kappa shape index (κ1) is 16.5. The van der Waals surface area contributed by atoms with Crippen LogP contribution in [0.1, 0.15) is 5.56 Å². The van der Waals surface area contributed by atoms with Crippen molar-refractivity contribution < 1.29 is 17.9 Å². The van der Waals surface area contributed by atoms with E-state index in [2.05, 4.69) is 4.72 Å². The Morgan fingerprint density at radius 2 is 1.88 bits per heavy atom. The Bertz CT molecular complexity index is 920. The maximum atomic E-state index is 12.6. The molecule has 1 aliphatic rings. The number of fused-ring (bicyclic) bond motifs is 1. The van der Waals surface area contributed by atoms with E-state index in [1.54, 1.807) is 31.2 Å². The summed E-state index contributed by atoms with van der Waals surface area (Å²) >= 11 is 1.03. The Morgan fingerprint density at radius 3 is 2.58 bits per heavy atom. The number of benzene rings is 2. The summed E-state index contributed by atoms with van der Waals surface area (Å²) in [5.41, 5.74) is 1.20. The van der Waals surface area contributed by atoms with Crippen molar-refractivity contribution in [2.24, 2.45) is 0 Å². The second-order valence-electron chi connectivity index (χ2n) is 5.08. The molecule has 1 N–H and O–H groups in total. The van der Waals surface area contributed by atoms with Crippen LogP contribution in [0.15, 0.2) is 46.2 Å². The molecule has 124 valence electrons. The lowest BCUT2D eigenvalue weighted by Gasteiger charge is -2.19. The average molecular weight is 362 g/mol. The van der Waals surface area contributed by atoms with Crippen LogP contribution in [-0.2, 0) is 10.0 Å². The summed E-state index contributed by atoms with van der Waals surface area (Å²) in [6.45, 7) is 2.62. The number of nitrogens with zero attached hydrogens (tertiary/aromatic N) is 1. The molecule has 0 aromatic heterocycles. The third-order valence-corrected chi connectivity index (χ3v) is 5.37. The van der Waals surface area contributed by atoms with Crippen LogP contribution in [0.2, 0.25) is 0 Å². The molecule has 0 saturated heterocycles. The number of rotatable bonds is 4. The van der Waals surface area contributed by atoms with E-state index >= 15 is 0 Å². The minimum Gasteiger partial charge on any atom is -0.486 e. The molecule has 2 aromatic rings. The van der Waals surface area contributed by atoms with E-state index < -0.39 is 10.0 Å². The number of anilines is 1. The van der Waals surface area contributed by atoms with Gasteiger partial charge in [-0.15, -0.1) is 0 Å². The number of thioether (sulfide) groups is 1. The van der Waals surface area contributed by atoms with Crippen LogP contribution in [-0.4, -0.2) is 21.6 Å². The van der Waals surface area contributed by atoms with Gasteiger partial charge in [-0.05, 0) is 54.6 Å². The number of sulfonamides is 1. The topological polar surface area (TPSA) is 88.4 Å². The van der Waals surface area contributed by atoms with Crippen molar-refractivity contribution in [1.82, 2.24) is 0 Å². The molecule has 3 rings (SSSR count). The second kappa shape index (κ2) is 6.63. The highest BCUT2D eigenvalue weighted by atomic mass is 32.2. The molecule has 0 radical (unpaired) electrons. The van der Waals surface area contributed by atoms with E-state index in [9.17, 15) is 8.42 Å². The number of nitriles is 1. The molecule has 0 saturated carbocycles. The molecule has 0 bridgehead atoms. The van der Waals surface area contributed by atoms with Crippen LogP contribution in [0.3, 0.4) is 0 Å². The SMILES string of the molecule is Cc1cc(SC#N)ccc1NS(=O)(=O)c1ccc2c(c1)OCCO2. The van der Waals surface area contributed by atoms with Gasteiger partial charge in [0, 0.05) is 11.0 Å². The molecule has 0 spiro atoms. The number of nitrogens with one attached hydrogen (secondary N) is 1. The number of ether oxygens (including phenoxy) is 2. The fraction of sp³-hybridized carbons (Fsp3) is 0.188. The van der Waals surface area contributed by atoms with Crippen molar-refractivity contribution in [2.75, 3.05) is 17.9 Å². The first-order valence-corrected chi connectivity index (χ1v) is 9.38. The zero-order valence-corrected chi connectivity index (χ0v) is 14.4. The van der Waals surface area contributed by atoms with Gasteiger partial charge in [-0.3, -0.25) is 4.72 Å². The highest BCUT2D eigenvalue weighted by molar-refractivity contribution is 8.03. The van der Waals surface area contributed by atoms with Gasteiger partial charge in [0.15, 0.2) is 11.5 Å². The second-order valence-corrected chi connectivity index (χ2v) is 7.62. The highest BCUT2D eigenvalue weighted by Crippen LogP contribution is 2.33. The van der Waals surface area contributed by atoms with Crippen molar-refractivity contribution in [3.63, 3.8) is 0 Å². The van der Waals surface area contributed by atoms with Crippen LogP contribution < -0.4 is 14.2 Å². The van der Waals surface area contributed by atoms with Crippen LogP contribution in [0.25, 0.3) is 0 Å². The van der Waals surface area contributed by atoms with Gasteiger partial charge in [-0.1, -0.05) is 0 Å². The normalized spacial score (nSPS) is 13.2. The maximum absolute atomic E-state index is 12.6. The third kappa shape index (κ3) is 3.42. The van der Waals surface area contributed by atoms with Crippen molar-refractivity contribution in [3.8, 4) is 16.9 Å². The lowest BCUT2D eigenvalue weighted by molar-refractivity contribution is 0.171. The molecule has 2 aromatic carbocycles. The van der Waals surface area contributed by atoms with E-state index in [1.165, 1.54) is 12.1 Å². The highest BCUT2D eigenvalue weighted by Gasteiger charge is 2.20. The summed E-state index contributed by atoms with van der Waals surface area (Å²) in [5, 5.41) is 10.7. The maximum Gasteiger partial charge on any atom is 0.262 e. The molecule has 0 aliphatic carbocycles. The number of aryl methyl sites for hydroxylation is 1. The smallest absolute Gasteiger partial charge is 0.262 e. The summed E-state index contributed by atoms with van der Waals surface area (Å²) in [7, 11) is -3.75. The number of hydrogen-bond acceptors (Lipinski definition) is 6. The Morgan fingerprint density at radius 1 is 1.12 bits per heavy atom. The van der Waals surface area contributed by atoms with Crippen molar-refractivity contribution in [1.29, 1.82) is 5.26 Å². The van der Waals surface area contributed by atoms with E-state index in [1.807, 2.05) is 5.40 Å². The zero-order valence-electron chi connectivity index (χ0n) is 12.8. The third-order valence-electron chi connectivity index (χ3n) is 3.43. The predicted molar refractivity (Wildman–Crippen MR) is 90.9 cm³/mol. The van der Waals surface area contributed by atoms with Crippen LogP contribution >= 0.6 is 11.8 Å². The number of thiocyanates is 1. The fourth-order valence-electron chi connectivity index (χ4n) is 2.26. The summed E-state index contributed by atoms with van der Waals surface area (Å²) in [5.74, 6) is 0.955. The van der Waals surface area contributed by atoms with Crippen molar-refractivity contribution >= 4 is 27.5 Å². The first-order chi connectivity index (χ1) is 11.5. The van der Waals surface area contributed by atoms with Gasteiger partial charge in [-0.25, -0.2) is 8.42 Å². The van der Waals surface area contributed by atoms with E-state index in [-0.39, 0.29) is 4.90 Å². The van der Waals surface area contributed by atoms with Gasteiger partial charge in [0.2, 0.25) is 0 Å². The van der Waals surface area contributed by atoms with Crippen LogP contribution in [0, 0.1) is 17.6 Å². The van der Waals surface area contributed by atoms with Gasteiger partial charge in [0.25, 0.3) is 10.0 Å². The molecule has 0 atom stereocenters. The quantitative estimate of drug-likeness (QED) is 0.664. The van der Waals surface area contributed by atoms with E-state index in [0.717, 1.165) is 22.2 Å². The van der Waals surface area contributed by atoms with Gasteiger partial charge in [0.1, 0.15) is 18.6 Å². The minimum atomic E-state index is -3.75. The molecule has 0 fully saturated rings. The molecule has 1 heterocycles. The molecular weight excluding hydrogens is 348 g/mol. The Labute approximate surface area is 144 Å². The Hall–Kier alpha value is -2.37. The van der Waals surface area contributed by atoms with Crippen LogP contribution in [0.5, 0.6) is 11.5 Å². The Balaban J connectivity index is 1.88. The molecule has 0 amide bonds. The van der Waals surface area contributed by atoms with Crippen LogP contribution in [0.4, 0.5) is 5.69 Å². The summed E-state index contributed by atoms with van der Waals surface area (Å²) < 4.78 is 38.6. The molecule has 8 heteroatoms. The summed E-state index contributed by atoms with van der Waals surface area (Å²) in [4.78, 5) is 0.860. The monoisotopic (exact) mass is 362 g/mol. The lowest BCUT2D eigenvalue weighted by atomic mass is 10.2. The van der Waals surface area contributed by atoms with Gasteiger partial charge in [-0.2, -0.15) is 5.26 Å². The zero-order chi connectivity index (χ0) is 17.2. The summed E-state index contributed by atoms with van der Waals surface area (Å²) in [6.07, 6.45) is 0. The van der Waals surface area contributed by atoms with E-state index in [0.29, 0.717) is 30.4 Å². The minimum absolute atomic E-state index is 0.0987. The number of hydrogen-bond donors (Lipinski definition) is 1. The lowest BCUT2D eigenvalue weighted by Crippen LogP contribution is -2.17. The largest absolute Gasteiger partial charge is 0.486 e. The molecule has 0 unspecified atom stereocenters. The molecular formula is C16H14N2O4S2. The average Bonchev–Trinajstić information content (AvgIpc) is 2.57. The standard InChI is InChI=1S/C16H14N2O4S2/c1-11-8-12(23-10-17)2-4-14(11)18-24(19,20)13-3-5-15-16(9-13)22-7-6-21-15/h2-5,8-9,18H,6-7H2,1H3. The molecule has 6 nitrogen and oxygen atoms in total. The van der Waals surface area contributed by atoms with Crippen molar-refractivity contribution in [3.05, 3.63) is 42.0 Å². The van der Waals surface area contributed by atoms with Gasteiger partial charge < -0.3 is 9.47 Å².